The third-order valence-electron chi connectivity index (χ3n) is 3.75. The highest BCUT2D eigenvalue weighted by molar-refractivity contribution is 5.74. The fourth-order valence-electron chi connectivity index (χ4n) is 2.36. The molecule has 120 valence electrons. The second kappa shape index (κ2) is 7.09. The van der Waals surface area contributed by atoms with Gasteiger partial charge in [-0.1, -0.05) is 42.5 Å². The van der Waals surface area contributed by atoms with Gasteiger partial charge in [0, 0.05) is 16.9 Å². The molecule has 0 aliphatic carbocycles. The molecule has 0 atom stereocenters. The molecule has 0 saturated heterocycles. The van der Waals surface area contributed by atoms with Gasteiger partial charge >= 0.3 is 0 Å². The summed E-state index contributed by atoms with van der Waals surface area (Å²) in [6.07, 6.45) is 3.62. The Kier molecular flexibility index (Phi) is 4.71. The van der Waals surface area contributed by atoms with Gasteiger partial charge in [-0.15, -0.1) is 0 Å². The number of hydrogen-bond acceptors (Lipinski definition) is 1. The van der Waals surface area contributed by atoms with Crippen molar-refractivity contribution < 1.29 is 8.78 Å². The highest BCUT2D eigenvalue weighted by Crippen LogP contribution is 2.23. The van der Waals surface area contributed by atoms with Gasteiger partial charge in [0.15, 0.2) is 0 Å². The fraction of sp³-hybridized carbons (Fsp3) is 0.0476. The summed E-state index contributed by atoms with van der Waals surface area (Å²) >= 11 is 0. The van der Waals surface area contributed by atoms with Crippen LogP contribution in [0.2, 0.25) is 0 Å². The monoisotopic (exact) mass is 321 g/mol. The fourth-order valence-corrected chi connectivity index (χ4v) is 2.36. The lowest BCUT2D eigenvalue weighted by Gasteiger charge is -2.10. The van der Waals surface area contributed by atoms with Crippen LogP contribution in [-0.4, -0.2) is 0 Å². The minimum Gasteiger partial charge on any atom is -0.355 e. The highest BCUT2D eigenvalue weighted by Gasteiger charge is 2.01. The van der Waals surface area contributed by atoms with Crippen molar-refractivity contribution in [1.82, 2.24) is 0 Å². The number of benzene rings is 3. The van der Waals surface area contributed by atoms with Gasteiger partial charge in [-0.2, -0.15) is 0 Å². The van der Waals surface area contributed by atoms with Gasteiger partial charge in [0.1, 0.15) is 11.6 Å². The Bertz CT molecular complexity index is 867. The van der Waals surface area contributed by atoms with E-state index >= 15 is 0 Å². The van der Waals surface area contributed by atoms with E-state index in [9.17, 15) is 8.78 Å². The van der Waals surface area contributed by atoms with Crippen LogP contribution < -0.4 is 5.32 Å². The van der Waals surface area contributed by atoms with Gasteiger partial charge in [-0.25, -0.2) is 8.78 Å². The number of rotatable bonds is 4. The molecule has 0 fully saturated rings. The Hall–Kier alpha value is -2.94. The molecule has 0 aliphatic heterocycles. The minimum atomic E-state index is -0.265. The van der Waals surface area contributed by atoms with E-state index in [1.807, 2.05) is 31.2 Å². The summed E-state index contributed by atoms with van der Waals surface area (Å²) in [6.45, 7) is 2.00. The Morgan fingerprint density at radius 2 is 1.58 bits per heavy atom. The largest absolute Gasteiger partial charge is 0.355 e. The molecule has 1 N–H and O–H groups in total. The maximum Gasteiger partial charge on any atom is 0.130 e. The van der Waals surface area contributed by atoms with E-state index in [-0.39, 0.29) is 11.6 Å². The maximum atomic E-state index is 13.7. The van der Waals surface area contributed by atoms with Crippen molar-refractivity contribution in [1.29, 1.82) is 0 Å². The molecule has 0 heterocycles. The summed E-state index contributed by atoms with van der Waals surface area (Å²) in [4.78, 5) is 0. The normalized spacial score (nSPS) is 11.0. The Balaban J connectivity index is 1.83. The Labute approximate surface area is 140 Å². The third-order valence-corrected chi connectivity index (χ3v) is 3.75. The molecule has 1 nitrogen and oxygen atoms in total. The molecular formula is C21H17F2N. The van der Waals surface area contributed by atoms with Gasteiger partial charge in [0.25, 0.3) is 0 Å². The van der Waals surface area contributed by atoms with Gasteiger partial charge in [-0.3, -0.25) is 0 Å². The second-order valence-electron chi connectivity index (χ2n) is 5.56. The van der Waals surface area contributed by atoms with Crippen molar-refractivity contribution in [2.24, 2.45) is 0 Å². The summed E-state index contributed by atoms with van der Waals surface area (Å²) in [6, 6.07) is 18.8. The predicted molar refractivity (Wildman–Crippen MR) is 96.2 cm³/mol. The summed E-state index contributed by atoms with van der Waals surface area (Å²) < 4.78 is 26.7. The Morgan fingerprint density at radius 1 is 0.833 bits per heavy atom. The molecule has 0 amide bonds. The van der Waals surface area contributed by atoms with Gasteiger partial charge in [0.05, 0.1) is 0 Å². The molecule has 0 aromatic heterocycles. The Morgan fingerprint density at radius 3 is 2.33 bits per heavy atom. The van der Waals surface area contributed by atoms with Crippen molar-refractivity contribution in [2.45, 2.75) is 6.92 Å². The maximum absolute atomic E-state index is 13.7. The molecule has 0 unspecified atom stereocenters. The average Bonchev–Trinajstić information content (AvgIpc) is 2.59. The lowest BCUT2D eigenvalue weighted by molar-refractivity contribution is 0.625. The lowest BCUT2D eigenvalue weighted by atomic mass is 10.1. The van der Waals surface area contributed by atoms with Crippen LogP contribution in [0, 0.1) is 18.6 Å². The van der Waals surface area contributed by atoms with E-state index in [1.165, 1.54) is 18.2 Å². The zero-order chi connectivity index (χ0) is 16.9. The van der Waals surface area contributed by atoms with Crippen LogP contribution in [0.15, 0.2) is 66.7 Å². The number of nitrogens with one attached hydrogen (secondary N) is 1. The van der Waals surface area contributed by atoms with Crippen molar-refractivity contribution in [3.63, 3.8) is 0 Å². The molecule has 0 radical (unpaired) electrons. The van der Waals surface area contributed by atoms with E-state index in [0.717, 1.165) is 22.5 Å². The summed E-state index contributed by atoms with van der Waals surface area (Å²) in [5.74, 6) is -0.510. The first-order chi connectivity index (χ1) is 11.6. The molecule has 3 heteroatoms. The molecule has 24 heavy (non-hydrogen) atoms. The standard InChI is InChI=1S/C21H17F2N/c1-15-6-7-16(8-9-17-4-2-3-5-20(17)23)14-21(15)24-19-12-10-18(22)11-13-19/h2-14,24H,1H3/b9-8+. The number of anilines is 2. The summed E-state index contributed by atoms with van der Waals surface area (Å²) in [5.41, 5.74) is 4.31. The number of halogens is 2. The zero-order valence-corrected chi connectivity index (χ0v) is 13.3. The van der Waals surface area contributed by atoms with Crippen molar-refractivity contribution in [2.75, 3.05) is 5.32 Å². The summed E-state index contributed by atoms with van der Waals surface area (Å²) in [5, 5.41) is 3.27. The topological polar surface area (TPSA) is 12.0 Å². The second-order valence-corrected chi connectivity index (χ2v) is 5.56. The molecule has 0 saturated carbocycles. The number of aryl methyl sites for hydroxylation is 1. The van der Waals surface area contributed by atoms with Crippen LogP contribution in [0.4, 0.5) is 20.2 Å². The minimum absolute atomic E-state index is 0.245. The highest BCUT2D eigenvalue weighted by atomic mass is 19.1. The third kappa shape index (κ3) is 3.87. The van der Waals surface area contributed by atoms with Crippen LogP contribution in [0.3, 0.4) is 0 Å². The molecule has 0 aliphatic rings. The summed E-state index contributed by atoms with van der Waals surface area (Å²) in [7, 11) is 0. The van der Waals surface area contributed by atoms with Crippen LogP contribution in [0.25, 0.3) is 12.2 Å². The molecular weight excluding hydrogens is 304 g/mol. The van der Waals surface area contributed by atoms with Crippen molar-refractivity contribution >= 4 is 23.5 Å². The van der Waals surface area contributed by atoms with E-state index < -0.39 is 0 Å². The molecule has 3 aromatic rings. The quantitative estimate of drug-likeness (QED) is 0.565. The van der Waals surface area contributed by atoms with E-state index in [4.69, 9.17) is 0 Å². The zero-order valence-electron chi connectivity index (χ0n) is 13.3. The van der Waals surface area contributed by atoms with E-state index in [0.29, 0.717) is 5.56 Å². The first kappa shape index (κ1) is 15.9. The lowest BCUT2D eigenvalue weighted by Crippen LogP contribution is -1.93. The van der Waals surface area contributed by atoms with Crippen molar-refractivity contribution in [3.8, 4) is 0 Å². The first-order valence-corrected chi connectivity index (χ1v) is 7.68. The van der Waals surface area contributed by atoms with Gasteiger partial charge in [-0.05, 0) is 54.4 Å². The smallest absolute Gasteiger partial charge is 0.130 e. The number of hydrogen-bond donors (Lipinski definition) is 1. The van der Waals surface area contributed by atoms with Crippen LogP contribution in [-0.2, 0) is 0 Å². The van der Waals surface area contributed by atoms with Crippen LogP contribution >= 0.6 is 0 Å². The van der Waals surface area contributed by atoms with E-state index in [1.54, 1.807) is 36.4 Å². The van der Waals surface area contributed by atoms with Crippen molar-refractivity contribution in [3.05, 3.63) is 95.1 Å². The SMILES string of the molecule is Cc1ccc(/C=C/c2ccccc2F)cc1Nc1ccc(F)cc1. The molecule has 0 spiro atoms. The average molecular weight is 321 g/mol. The van der Waals surface area contributed by atoms with Crippen LogP contribution in [0.5, 0.6) is 0 Å². The molecule has 3 aromatic carbocycles. The molecule has 3 rings (SSSR count). The first-order valence-electron chi connectivity index (χ1n) is 7.68. The van der Waals surface area contributed by atoms with E-state index in [2.05, 4.69) is 5.32 Å². The van der Waals surface area contributed by atoms with Gasteiger partial charge < -0.3 is 5.32 Å². The van der Waals surface area contributed by atoms with Crippen LogP contribution in [0.1, 0.15) is 16.7 Å². The van der Waals surface area contributed by atoms with Gasteiger partial charge in [0.2, 0.25) is 0 Å². The molecule has 0 bridgehead atoms. The predicted octanol–water partition coefficient (Wildman–Crippen LogP) is 6.19.